The lowest BCUT2D eigenvalue weighted by molar-refractivity contribution is -0.135. The van der Waals surface area contributed by atoms with E-state index >= 15 is 0 Å². The van der Waals surface area contributed by atoms with Crippen LogP contribution in [0.5, 0.6) is 5.75 Å². The molecule has 0 aliphatic carbocycles. The molecule has 1 heterocycles. The van der Waals surface area contributed by atoms with Crippen molar-refractivity contribution in [3.8, 4) is 5.75 Å². The molecule has 1 aliphatic heterocycles. The average Bonchev–Trinajstić information content (AvgIpc) is 3.09. The standard InChI is InChI=1S/C26H25N3O4/c1-33-22-14-8-11-20(15-22)17-27-23(30)18-29-24(31)26(28-25(29)32,21-12-6-3-7-13-21)16-19-9-4-2-5-10-19/h2-15H,16-18H2,1H3,(H,27,30)(H,28,32)/t26-/m1/s1. The zero-order chi connectivity index (χ0) is 23.3. The smallest absolute Gasteiger partial charge is 0.325 e. The zero-order valence-corrected chi connectivity index (χ0v) is 18.3. The first-order chi connectivity index (χ1) is 16.0. The number of methoxy groups -OCH3 is 1. The van der Waals surface area contributed by atoms with Gasteiger partial charge in [-0.3, -0.25) is 14.5 Å². The monoisotopic (exact) mass is 443 g/mol. The minimum absolute atomic E-state index is 0.257. The highest BCUT2D eigenvalue weighted by Crippen LogP contribution is 2.32. The maximum atomic E-state index is 13.6. The van der Waals surface area contributed by atoms with Gasteiger partial charge in [0, 0.05) is 13.0 Å². The van der Waals surface area contributed by atoms with Crippen LogP contribution in [-0.4, -0.2) is 36.4 Å². The van der Waals surface area contributed by atoms with Crippen LogP contribution in [0.1, 0.15) is 16.7 Å². The summed E-state index contributed by atoms with van der Waals surface area (Å²) < 4.78 is 5.19. The third-order valence-corrected chi connectivity index (χ3v) is 5.68. The molecule has 1 aliphatic rings. The van der Waals surface area contributed by atoms with Crippen molar-refractivity contribution in [3.05, 3.63) is 102 Å². The van der Waals surface area contributed by atoms with E-state index in [0.717, 1.165) is 16.0 Å². The van der Waals surface area contributed by atoms with Crippen LogP contribution >= 0.6 is 0 Å². The summed E-state index contributed by atoms with van der Waals surface area (Å²) in [6.07, 6.45) is 0.282. The lowest BCUT2D eigenvalue weighted by Gasteiger charge is -2.27. The van der Waals surface area contributed by atoms with Crippen LogP contribution in [0.25, 0.3) is 0 Å². The lowest BCUT2D eigenvalue weighted by atomic mass is 9.83. The second-order valence-electron chi connectivity index (χ2n) is 7.88. The number of hydrogen-bond acceptors (Lipinski definition) is 4. The summed E-state index contributed by atoms with van der Waals surface area (Å²) in [6, 6.07) is 25.3. The predicted molar refractivity (Wildman–Crippen MR) is 123 cm³/mol. The van der Waals surface area contributed by atoms with Crippen molar-refractivity contribution in [2.24, 2.45) is 0 Å². The second kappa shape index (κ2) is 9.56. The van der Waals surface area contributed by atoms with E-state index in [1.807, 2.05) is 84.9 Å². The molecule has 7 nitrogen and oxygen atoms in total. The topological polar surface area (TPSA) is 87.7 Å². The summed E-state index contributed by atoms with van der Waals surface area (Å²) in [7, 11) is 1.57. The Morgan fingerprint density at radius 2 is 1.61 bits per heavy atom. The van der Waals surface area contributed by atoms with Crippen LogP contribution in [0.15, 0.2) is 84.9 Å². The van der Waals surface area contributed by atoms with Gasteiger partial charge in [0.2, 0.25) is 5.91 Å². The molecule has 33 heavy (non-hydrogen) atoms. The van der Waals surface area contributed by atoms with E-state index in [9.17, 15) is 14.4 Å². The average molecular weight is 444 g/mol. The quantitative estimate of drug-likeness (QED) is 0.524. The van der Waals surface area contributed by atoms with Gasteiger partial charge in [0.1, 0.15) is 12.3 Å². The maximum absolute atomic E-state index is 13.6. The molecule has 4 rings (SSSR count). The van der Waals surface area contributed by atoms with Crippen LogP contribution in [0.4, 0.5) is 4.79 Å². The number of urea groups is 1. The number of carbonyl (C=O) groups is 3. The fraction of sp³-hybridized carbons (Fsp3) is 0.192. The van der Waals surface area contributed by atoms with E-state index in [1.54, 1.807) is 7.11 Å². The van der Waals surface area contributed by atoms with Gasteiger partial charge in [-0.1, -0.05) is 72.8 Å². The lowest BCUT2D eigenvalue weighted by Crippen LogP contribution is -2.46. The maximum Gasteiger partial charge on any atom is 0.325 e. The summed E-state index contributed by atoms with van der Waals surface area (Å²) in [6.45, 7) is -0.106. The van der Waals surface area contributed by atoms with E-state index in [1.165, 1.54) is 0 Å². The van der Waals surface area contributed by atoms with E-state index in [0.29, 0.717) is 11.3 Å². The number of nitrogens with one attached hydrogen (secondary N) is 2. The van der Waals surface area contributed by atoms with Gasteiger partial charge in [-0.2, -0.15) is 0 Å². The molecular formula is C26H25N3O4. The van der Waals surface area contributed by atoms with E-state index in [2.05, 4.69) is 10.6 Å². The Balaban J connectivity index is 1.52. The van der Waals surface area contributed by atoms with Gasteiger partial charge in [0.05, 0.1) is 7.11 Å². The molecule has 0 unspecified atom stereocenters. The molecule has 1 atom stereocenters. The molecule has 0 radical (unpaired) electrons. The minimum Gasteiger partial charge on any atom is -0.497 e. The molecule has 7 heteroatoms. The molecule has 4 amide bonds. The SMILES string of the molecule is COc1cccc(CNC(=O)CN2C(=O)N[C@](Cc3ccccc3)(c3ccccc3)C2=O)c1. The Morgan fingerprint density at radius 3 is 2.30 bits per heavy atom. The number of benzene rings is 3. The summed E-state index contributed by atoms with van der Waals surface area (Å²) in [5.74, 6) is -0.187. The molecule has 2 N–H and O–H groups in total. The Morgan fingerprint density at radius 1 is 0.939 bits per heavy atom. The van der Waals surface area contributed by atoms with Gasteiger partial charge in [-0.25, -0.2) is 4.79 Å². The van der Waals surface area contributed by atoms with E-state index in [-0.39, 0.29) is 19.5 Å². The van der Waals surface area contributed by atoms with Gasteiger partial charge in [0.15, 0.2) is 5.54 Å². The molecule has 0 saturated carbocycles. The fourth-order valence-electron chi connectivity index (χ4n) is 3.99. The van der Waals surface area contributed by atoms with Crippen molar-refractivity contribution in [2.45, 2.75) is 18.5 Å². The largest absolute Gasteiger partial charge is 0.497 e. The van der Waals surface area contributed by atoms with Crippen LogP contribution in [0.3, 0.4) is 0 Å². The van der Waals surface area contributed by atoms with Crippen LogP contribution in [-0.2, 0) is 28.1 Å². The van der Waals surface area contributed by atoms with Crippen LogP contribution in [0, 0.1) is 0 Å². The van der Waals surface area contributed by atoms with Crippen molar-refractivity contribution in [3.63, 3.8) is 0 Å². The Labute approximate surface area is 192 Å². The number of imide groups is 1. The van der Waals surface area contributed by atoms with E-state index in [4.69, 9.17) is 4.74 Å². The summed E-state index contributed by atoms with van der Waals surface area (Å²) in [4.78, 5) is 40.0. The molecule has 0 spiro atoms. The first kappa shape index (κ1) is 22.1. The number of ether oxygens (including phenoxy) is 1. The van der Waals surface area contributed by atoms with Crippen molar-refractivity contribution in [2.75, 3.05) is 13.7 Å². The normalized spacial score (nSPS) is 17.5. The van der Waals surface area contributed by atoms with Crippen molar-refractivity contribution in [1.29, 1.82) is 0 Å². The Hall–Kier alpha value is -4.13. The molecule has 168 valence electrons. The highest BCUT2D eigenvalue weighted by atomic mass is 16.5. The molecule has 1 fully saturated rings. The van der Waals surface area contributed by atoms with Gasteiger partial charge in [-0.05, 0) is 28.8 Å². The molecule has 0 aromatic heterocycles. The summed E-state index contributed by atoms with van der Waals surface area (Å²) in [5.41, 5.74) is 1.15. The minimum atomic E-state index is -1.27. The summed E-state index contributed by atoms with van der Waals surface area (Å²) >= 11 is 0. The molecule has 0 bridgehead atoms. The van der Waals surface area contributed by atoms with Crippen molar-refractivity contribution in [1.82, 2.24) is 15.5 Å². The molecule has 3 aromatic carbocycles. The van der Waals surface area contributed by atoms with Crippen molar-refractivity contribution < 1.29 is 19.1 Å². The first-order valence-electron chi connectivity index (χ1n) is 10.6. The van der Waals surface area contributed by atoms with Gasteiger partial charge in [-0.15, -0.1) is 0 Å². The third kappa shape index (κ3) is 4.72. The zero-order valence-electron chi connectivity index (χ0n) is 18.3. The van der Waals surface area contributed by atoms with Gasteiger partial charge < -0.3 is 15.4 Å². The summed E-state index contributed by atoms with van der Waals surface area (Å²) in [5, 5.41) is 5.63. The third-order valence-electron chi connectivity index (χ3n) is 5.68. The Kier molecular flexibility index (Phi) is 6.40. The van der Waals surface area contributed by atoms with Crippen LogP contribution in [0.2, 0.25) is 0 Å². The van der Waals surface area contributed by atoms with Gasteiger partial charge >= 0.3 is 6.03 Å². The fourth-order valence-corrected chi connectivity index (χ4v) is 3.99. The molecule has 1 saturated heterocycles. The first-order valence-corrected chi connectivity index (χ1v) is 10.6. The number of nitrogens with zero attached hydrogens (tertiary/aromatic N) is 1. The highest BCUT2D eigenvalue weighted by molar-refractivity contribution is 6.09. The van der Waals surface area contributed by atoms with Crippen molar-refractivity contribution >= 4 is 17.8 Å². The predicted octanol–water partition coefficient (Wildman–Crippen LogP) is 3.00. The second-order valence-corrected chi connectivity index (χ2v) is 7.88. The number of carbonyl (C=O) groups excluding carboxylic acids is 3. The molecule has 3 aromatic rings. The number of amides is 4. The number of rotatable bonds is 8. The van der Waals surface area contributed by atoms with Crippen LogP contribution < -0.4 is 15.4 Å². The van der Waals surface area contributed by atoms with E-state index < -0.39 is 23.4 Å². The highest BCUT2D eigenvalue weighted by Gasteiger charge is 2.52. The molecular weight excluding hydrogens is 418 g/mol. The number of hydrogen-bond donors (Lipinski definition) is 2. The Bertz CT molecular complexity index is 1150. The van der Waals surface area contributed by atoms with Gasteiger partial charge in [0.25, 0.3) is 5.91 Å².